The first kappa shape index (κ1) is 12.8. The summed E-state index contributed by atoms with van der Waals surface area (Å²) in [5, 5.41) is 4.03. The van der Waals surface area contributed by atoms with Gasteiger partial charge in [-0.3, -0.25) is 0 Å². The molecule has 1 aromatic carbocycles. The van der Waals surface area contributed by atoms with E-state index >= 15 is 0 Å². The smallest absolute Gasteiger partial charge is 0.121 e. The molecule has 0 aliphatic carbocycles. The third-order valence-corrected chi connectivity index (χ3v) is 3.23. The fraction of sp³-hybridized carbons (Fsp3) is 0.286. The van der Waals surface area contributed by atoms with Crippen molar-refractivity contribution >= 4 is 17.3 Å². The Balaban J connectivity index is 2.10. The normalized spacial score (nSPS) is 10.4. The van der Waals surface area contributed by atoms with Gasteiger partial charge in [0.2, 0.25) is 0 Å². The van der Waals surface area contributed by atoms with Crippen LogP contribution in [-0.2, 0) is 13.1 Å². The third kappa shape index (κ3) is 2.79. The molecule has 0 atom stereocenters. The second-order valence-electron chi connectivity index (χ2n) is 3.98. The van der Waals surface area contributed by atoms with Crippen LogP contribution in [0.25, 0.3) is 0 Å². The fourth-order valence-electron chi connectivity index (χ4n) is 1.87. The highest BCUT2D eigenvalue weighted by atomic mass is 35.5. The van der Waals surface area contributed by atoms with Crippen LogP contribution in [0.1, 0.15) is 12.6 Å². The molecule has 0 amide bonds. The summed E-state index contributed by atoms with van der Waals surface area (Å²) in [7, 11) is 1.65. The lowest BCUT2D eigenvalue weighted by molar-refractivity contribution is 0.415. The first-order valence-electron chi connectivity index (χ1n) is 5.96. The molecule has 0 aliphatic rings. The predicted molar refractivity (Wildman–Crippen MR) is 75.4 cm³/mol. The summed E-state index contributed by atoms with van der Waals surface area (Å²) < 4.78 is 7.38. The molecule has 0 saturated carbocycles. The molecule has 0 saturated heterocycles. The van der Waals surface area contributed by atoms with Crippen LogP contribution < -0.4 is 10.1 Å². The van der Waals surface area contributed by atoms with Gasteiger partial charge in [0, 0.05) is 24.5 Å². The molecule has 0 spiro atoms. The van der Waals surface area contributed by atoms with Gasteiger partial charge in [-0.15, -0.1) is 0 Å². The number of methoxy groups -OCH3 is 1. The quantitative estimate of drug-likeness (QED) is 0.889. The third-order valence-electron chi connectivity index (χ3n) is 2.90. The van der Waals surface area contributed by atoms with Gasteiger partial charge in [0.15, 0.2) is 0 Å². The van der Waals surface area contributed by atoms with E-state index in [0.29, 0.717) is 5.02 Å². The van der Waals surface area contributed by atoms with E-state index in [4.69, 9.17) is 16.3 Å². The zero-order valence-corrected chi connectivity index (χ0v) is 11.4. The standard InChI is InChI=1S/C14H17ClN2O/c1-3-17-8-4-5-11(17)10-16-14-9-12(18-2)6-7-13(14)15/h4-9,16H,3,10H2,1-2H3. The number of hydrogen-bond donors (Lipinski definition) is 1. The molecule has 0 aliphatic heterocycles. The summed E-state index contributed by atoms with van der Waals surface area (Å²) in [6.07, 6.45) is 2.07. The molecule has 0 fully saturated rings. The van der Waals surface area contributed by atoms with Gasteiger partial charge < -0.3 is 14.6 Å². The minimum Gasteiger partial charge on any atom is -0.497 e. The van der Waals surface area contributed by atoms with Crippen molar-refractivity contribution in [2.75, 3.05) is 12.4 Å². The van der Waals surface area contributed by atoms with Gasteiger partial charge in [0.05, 0.1) is 24.4 Å². The Hall–Kier alpha value is -1.61. The van der Waals surface area contributed by atoms with E-state index in [9.17, 15) is 0 Å². The molecule has 1 N–H and O–H groups in total. The molecule has 96 valence electrons. The van der Waals surface area contributed by atoms with Gasteiger partial charge in [-0.2, -0.15) is 0 Å². The van der Waals surface area contributed by atoms with E-state index in [2.05, 4.69) is 29.1 Å². The Bertz CT molecular complexity index is 522. The topological polar surface area (TPSA) is 26.2 Å². The second kappa shape index (κ2) is 5.83. The molecule has 2 rings (SSSR count). The number of nitrogens with zero attached hydrogens (tertiary/aromatic N) is 1. The summed E-state index contributed by atoms with van der Waals surface area (Å²) in [6, 6.07) is 9.74. The maximum atomic E-state index is 6.14. The van der Waals surface area contributed by atoms with Gasteiger partial charge in [-0.25, -0.2) is 0 Å². The monoisotopic (exact) mass is 264 g/mol. The van der Waals surface area contributed by atoms with Crippen LogP contribution in [0.4, 0.5) is 5.69 Å². The van der Waals surface area contributed by atoms with E-state index in [1.54, 1.807) is 7.11 Å². The average molecular weight is 265 g/mol. The molecule has 1 aromatic heterocycles. The summed E-state index contributed by atoms with van der Waals surface area (Å²) in [5.74, 6) is 0.799. The Morgan fingerprint density at radius 2 is 2.17 bits per heavy atom. The Morgan fingerprint density at radius 3 is 2.89 bits per heavy atom. The maximum Gasteiger partial charge on any atom is 0.121 e. The van der Waals surface area contributed by atoms with Crippen LogP contribution in [0.3, 0.4) is 0 Å². The molecule has 0 radical (unpaired) electrons. The van der Waals surface area contributed by atoms with Gasteiger partial charge in [0.1, 0.15) is 5.75 Å². The number of ether oxygens (including phenoxy) is 1. The highest BCUT2D eigenvalue weighted by molar-refractivity contribution is 6.33. The number of nitrogens with one attached hydrogen (secondary N) is 1. The largest absolute Gasteiger partial charge is 0.497 e. The number of halogens is 1. The average Bonchev–Trinajstić information content (AvgIpc) is 2.85. The van der Waals surface area contributed by atoms with E-state index in [0.717, 1.165) is 24.5 Å². The maximum absolute atomic E-state index is 6.14. The minimum atomic E-state index is 0.699. The Labute approximate surface area is 112 Å². The number of hydrogen-bond acceptors (Lipinski definition) is 2. The van der Waals surface area contributed by atoms with E-state index in [1.807, 2.05) is 24.3 Å². The van der Waals surface area contributed by atoms with Crippen molar-refractivity contribution in [2.45, 2.75) is 20.0 Å². The van der Waals surface area contributed by atoms with Gasteiger partial charge in [0.25, 0.3) is 0 Å². The second-order valence-corrected chi connectivity index (χ2v) is 4.39. The van der Waals surface area contributed by atoms with Crippen molar-refractivity contribution in [3.05, 3.63) is 47.2 Å². The van der Waals surface area contributed by atoms with E-state index in [-0.39, 0.29) is 0 Å². The first-order chi connectivity index (χ1) is 8.74. The molecule has 18 heavy (non-hydrogen) atoms. The van der Waals surface area contributed by atoms with Crippen LogP contribution in [-0.4, -0.2) is 11.7 Å². The lowest BCUT2D eigenvalue weighted by Gasteiger charge is -2.11. The molecule has 3 nitrogen and oxygen atoms in total. The number of aromatic nitrogens is 1. The molecular formula is C14H17ClN2O. The van der Waals surface area contributed by atoms with Crippen molar-refractivity contribution in [2.24, 2.45) is 0 Å². The zero-order valence-electron chi connectivity index (χ0n) is 10.6. The van der Waals surface area contributed by atoms with Crippen molar-refractivity contribution in [1.29, 1.82) is 0 Å². The summed E-state index contributed by atoms with van der Waals surface area (Å²) in [4.78, 5) is 0. The Kier molecular flexibility index (Phi) is 4.15. The van der Waals surface area contributed by atoms with Crippen LogP contribution in [0.15, 0.2) is 36.5 Å². The molecule has 2 aromatic rings. The van der Waals surface area contributed by atoms with Crippen LogP contribution in [0, 0.1) is 0 Å². The molecule has 0 bridgehead atoms. The summed E-state index contributed by atoms with van der Waals surface area (Å²) in [6.45, 7) is 3.84. The number of anilines is 1. The molecule has 4 heteroatoms. The van der Waals surface area contributed by atoms with Crippen molar-refractivity contribution < 1.29 is 4.74 Å². The van der Waals surface area contributed by atoms with Crippen molar-refractivity contribution in [3.63, 3.8) is 0 Å². The first-order valence-corrected chi connectivity index (χ1v) is 6.33. The van der Waals surface area contributed by atoms with Gasteiger partial charge in [-0.1, -0.05) is 11.6 Å². The van der Waals surface area contributed by atoms with Gasteiger partial charge >= 0.3 is 0 Å². The van der Waals surface area contributed by atoms with Crippen molar-refractivity contribution in [3.8, 4) is 5.75 Å². The highest BCUT2D eigenvalue weighted by Gasteiger charge is 2.04. The van der Waals surface area contributed by atoms with Crippen LogP contribution in [0.5, 0.6) is 5.75 Å². The summed E-state index contributed by atoms with van der Waals surface area (Å²) in [5.41, 5.74) is 2.12. The lowest BCUT2D eigenvalue weighted by atomic mass is 10.3. The van der Waals surface area contributed by atoms with Crippen LogP contribution >= 0.6 is 11.6 Å². The molecule has 0 unspecified atom stereocenters. The molecular weight excluding hydrogens is 248 g/mol. The van der Waals surface area contributed by atoms with E-state index < -0.39 is 0 Å². The zero-order chi connectivity index (χ0) is 13.0. The van der Waals surface area contributed by atoms with Gasteiger partial charge in [-0.05, 0) is 31.2 Å². The summed E-state index contributed by atoms with van der Waals surface area (Å²) >= 11 is 6.14. The lowest BCUT2D eigenvalue weighted by Crippen LogP contribution is -2.06. The predicted octanol–water partition coefficient (Wildman–Crippen LogP) is 3.78. The fourth-order valence-corrected chi connectivity index (χ4v) is 2.06. The Morgan fingerprint density at radius 1 is 1.33 bits per heavy atom. The number of benzene rings is 1. The van der Waals surface area contributed by atoms with E-state index in [1.165, 1.54) is 5.69 Å². The number of rotatable bonds is 5. The number of aryl methyl sites for hydroxylation is 1. The minimum absolute atomic E-state index is 0.699. The van der Waals surface area contributed by atoms with Crippen LogP contribution in [0.2, 0.25) is 5.02 Å². The molecule has 1 heterocycles. The highest BCUT2D eigenvalue weighted by Crippen LogP contribution is 2.27. The SMILES string of the molecule is CCn1cccc1CNc1cc(OC)ccc1Cl. The van der Waals surface area contributed by atoms with Crippen molar-refractivity contribution in [1.82, 2.24) is 4.57 Å².